The zero-order valence-corrected chi connectivity index (χ0v) is 8.89. The van der Waals surface area contributed by atoms with Crippen LogP contribution in [0.15, 0.2) is 12.1 Å². The molecule has 0 bridgehead atoms. The number of benzene rings is 1. The fourth-order valence-corrected chi connectivity index (χ4v) is 1.39. The van der Waals surface area contributed by atoms with E-state index in [0.717, 1.165) is 0 Å². The van der Waals surface area contributed by atoms with Crippen LogP contribution in [0.25, 0.3) is 0 Å². The molecule has 0 saturated heterocycles. The molecular weight excluding hydrogens is 210 g/mol. The van der Waals surface area contributed by atoms with Gasteiger partial charge in [-0.3, -0.25) is 0 Å². The molecule has 16 heavy (non-hydrogen) atoms. The van der Waals surface area contributed by atoms with Crippen LogP contribution in [0.2, 0.25) is 0 Å². The number of aliphatic hydroxyl groups is 1. The van der Waals surface area contributed by atoms with Crippen molar-refractivity contribution in [2.45, 2.75) is 13.0 Å². The second kappa shape index (κ2) is 4.64. The van der Waals surface area contributed by atoms with Crippen LogP contribution in [0, 0.1) is 18.3 Å². The topological polar surface area (TPSA) is 90.6 Å². The number of hydrogen-bond donors (Lipinski definition) is 2. The normalized spacial score (nSPS) is 11.6. The Morgan fingerprint density at radius 1 is 1.56 bits per heavy atom. The lowest BCUT2D eigenvalue weighted by Crippen LogP contribution is -2.12. The summed E-state index contributed by atoms with van der Waals surface area (Å²) in [6.07, 6.45) is -1.61. The van der Waals surface area contributed by atoms with Crippen LogP contribution in [0.4, 0.5) is 0 Å². The molecule has 0 aliphatic heterocycles. The Kier molecular flexibility index (Phi) is 3.48. The number of carboxylic acid groups (broad SMARTS) is 1. The number of ether oxygens (including phenoxy) is 1. The Hall–Kier alpha value is -2.06. The summed E-state index contributed by atoms with van der Waals surface area (Å²) in [6.45, 7) is 1.63. The van der Waals surface area contributed by atoms with E-state index < -0.39 is 12.1 Å². The molecule has 0 aliphatic rings. The first-order chi connectivity index (χ1) is 7.51. The van der Waals surface area contributed by atoms with Crippen molar-refractivity contribution in [3.05, 3.63) is 28.8 Å². The minimum absolute atomic E-state index is 0.225. The number of rotatable bonds is 3. The molecule has 0 amide bonds. The van der Waals surface area contributed by atoms with Crippen molar-refractivity contribution < 1.29 is 19.7 Å². The number of nitrogens with zero attached hydrogens (tertiary/aromatic N) is 1. The number of methoxy groups -OCH3 is 1. The van der Waals surface area contributed by atoms with Gasteiger partial charge in [-0.15, -0.1) is 0 Å². The maximum Gasteiger partial charge on any atom is 0.337 e. The summed E-state index contributed by atoms with van der Waals surface area (Å²) in [7, 11) is 1.38. The average Bonchev–Trinajstić information content (AvgIpc) is 2.27. The Labute approximate surface area is 92.5 Å². The molecule has 2 N–H and O–H groups in total. The van der Waals surface area contributed by atoms with Gasteiger partial charge in [0, 0.05) is 0 Å². The number of carbonyl (C=O) groups is 1. The summed E-state index contributed by atoms with van der Waals surface area (Å²) in [6, 6.07) is 4.78. The van der Waals surface area contributed by atoms with Gasteiger partial charge in [-0.05, 0) is 30.2 Å². The molecule has 0 radical (unpaired) electrons. The number of aliphatic hydroxyl groups excluding tert-OH is 1. The zero-order valence-electron chi connectivity index (χ0n) is 8.89. The summed E-state index contributed by atoms with van der Waals surface area (Å²) in [5.41, 5.74) is 1.07. The number of aryl methyl sites for hydroxylation is 1. The summed E-state index contributed by atoms with van der Waals surface area (Å²) in [4.78, 5) is 10.7. The Balaban J connectivity index is 3.33. The van der Waals surface area contributed by atoms with Crippen molar-refractivity contribution in [3.8, 4) is 11.8 Å². The third-order valence-electron chi connectivity index (χ3n) is 2.24. The van der Waals surface area contributed by atoms with Gasteiger partial charge >= 0.3 is 5.97 Å². The number of aliphatic carboxylic acids is 1. The van der Waals surface area contributed by atoms with Gasteiger partial charge in [0.1, 0.15) is 11.8 Å². The molecule has 0 saturated carbocycles. The van der Waals surface area contributed by atoms with Gasteiger partial charge in [-0.1, -0.05) is 0 Å². The Morgan fingerprint density at radius 3 is 2.62 bits per heavy atom. The third-order valence-corrected chi connectivity index (χ3v) is 2.24. The summed E-state index contributed by atoms with van der Waals surface area (Å²) < 4.78 is 4.94. The minimum atomic E-state index is -1.61. The molecular formula is C11H11NO4. The molecule has 0 fully saturated rings. The van der Waals surface area contributed by atoms with Gasteiger partial charge in [0.15, 0.2) is 6.10 Å². The number of nitriles is 1. The second-order valence-electron chi connectivity index (χ2n) is 3.26. The van der Waals surface area contributed by atoms with Crippen molar-refractivity contribution in [1.29, 1.82) is 5.26 Å². The van der Waals surface area contributed by atoms with E-state index >= 15 is 0 Å². The fraction of sp³-hybridized carbons (Fsp3) is 0.273. The van der Waals surface area contributed by atoms with Crippen molar-refractivity contribution >= 4 is 5.97 Å². The Morgan fingerprint density at radius 2 is 2.19 bits per heavy atom. The third kappa shape index (κ3) is 2.12. The maximum atomic E-state index is 10.7. The molecule has 0 spiro atoms. The quantitative estimate of drug-likeness (QED) is 0.794. The van der Waals surface area contributed by atoms with E-state index in [1.54, 1.807) is 6.92 Å². The van der Waals surface area contributed by atoms with Crippen molar-refractivity contribution in [3.63, 3.8) is 0 Å². The molecule has 0 aliphatic carbocycles. The fourth-order valence-electron chi connectivity index (χ4n) is 1.39. The number of hydrogen-bond acceptors (Lipinski definition) is 4. The highest BCUT2D eigenvalue weighted by molar-refractivity contribution is 5.75. The van der Waals surface area contributed by atoms with E-state index in [0.29, 0.717) is 11.1 Å². The van der Waals surface area contributed by atoms with Gasteiger partial charge in [0.05, 0.1) is 12.7 Å². The highest BCUT2D eigenvalue weighted by Gasteiger charge is 2.20. The van der Waals surface area contributed by atoms with Crippen molar-refractivity contribution in [2.24, 2.45) is 0 Å². The molecule has 1 aromatic carbocycles. The average molecular weight is 221 g/mol. The van der Waals surface area contributed by atoms with E-state index in [1.807, 2.05) is 6.07 Å². The first-order valence-corrected chi connectivity index (χ1v) is 4.50. The van der Waals surface area contributed by atoms with E-state index in [1.165, 1.54) is 19.2 Å². The molecule has 1 aromatic rings. The lowest BCUT2D eigenvalue weighted by molar-refractivity contribution is -0.147. The largest absolute Gasteiger partial charge is 0.495 e. The van der Waals surface area contributed by atoms with E-state index in [-0.39, 0.29) is 11.3 Å². The van der Waals surface area contributed by atoms with Crippen molar-refractivity contribution in [1.82, 2.24) is 0 Å². The van der Waals surface area contributed by atoms with Gasteiger partial charge in [-0.2, -0.15) is 5.26 Å². The van der Waals surface area contributed by atoms with Gasteiger partial charge in [0.2, 0.25) is 0 Å². The lowest BCUT2D eigenvalue weighted by Gasteiger charge is -2.12. The van der Waals surface area contributed by atoms with Gasteiger partial charge in [0.25, 0.3) is 0 Å². The van der Waals surface area contributed by atoms with Crippen LogP contribution in [-0.4, -0.2) is 23.3 Å². The summed E-state index contributed by atoms with van der Waals surface area (Å²) in [5.74, 6) is -1.08. The predicted octanol–water partition coefficient (Wildman–Crippen LogP) is 0.993. The van der Waals surface area contributed by atoms with Crippen LogP contribution in [0.5, 0.6) is 5.75 Å². The zero-order chi connectivity index (χ0) is 12.3. The second-order valence-corrected chi connectivity index (χ2v) is 3.26. The minimum Gasteiger partial charge on any atom is -0.495 e. The van der Waals surface area contributed by atoms with Crippen molar-refractivity contribution in [2.75, 3.05) is 7.11 Å². The lowest BCUT2D eigenvalue weighted by atomic mass is 10.00. The van der Waals surface area contributed by atoms with Gasteiger partial charge < -0.3 is 14.9 Å². The van der Waals surface area contributed by atoms with E-state index in [9.17, 15) is 9.90 Å². The van der Waals surface area contributed by atoms with Crippen LogP contribution in [-0.2, 0) is 4.79 Å². The summed E-state index contributed by atoms with van der Waals surface area (Å²) in [5, 5.41) is 26.9. The molecule has 0 aromatic heterocycles. The molecule has 1 atom stereocenters. The summed E-state index contributed by atoms with van der Waals surface area (Å²) >= 11 is 0. The highest BCUT2D eigenvalue weighted by Crippen LogP contribution is 2.27. The molecule has 0 heterocycles. The molecule has 1 unspecified atom stereocenters. The van der Waals surface area contributed by atoms with Crippen LogP contribution >= 0.6 is 0 Å². The molecule has 84 valence electrons. The smallest absolute Gasteiger partial charge is 0.337 e. The van der Waals surface area contributed by atoms with E-state index in [4.69, 9.17) is 15.1 Å². The highest BCUT2D eigenvalue weighted by atomic mass is 16.5. The first-order valence-electron chi connectivity index (χ1n) is 4.50. The molecule has 1 rings (SSSR count). The van der Waals surface area contributed by atoms with Crippen LogP contribution in [0.1, 0.15) is 22.8 Å². The number of carboxylic acids is 1. The SMILES string of the molecule is COc1cc(C(O)C(=O)O)c(C)cc1C#N. The molecule has 5 nitrogen and oxygen atoms in total. The van der Waals surface area contributed by atoms with Gasteiger partial charge in [-0.25, -0.2) is 4.79 Å². The Bertz CT molecular complexity index is 462. The van der Waals surface area contributed by atoms with E-state index in [2.05, 4.69) is 0 Å². The maximum absolute atomic E-state index is 10.7. The predicted molar refractivity (Wildman–Crippen MR) is 55.0 cm³/mol. The monoisotopic (exact) mass is 221 g/mol. The first kappa shape index (κ1) is 12.0. The van der Waals surface area contributed by atoms with Crippen LogP contribution in [0.3, 0.4) is 0 Å². The van der Waals surface area contributed by atoms with Crippen LogP contribution < -0.4 is 4.74 Å². The standard InChI is InChI=1S/C11H11NO4/c1-6-3-7(5-12)9(16-2)4-8(6)10(13)11(14)15/h3-4,10,13H,1-2H3,(H,14,15). The molecule has 5 heteroatoms.